The minimum atomic E-state index is 0.240. The summed E-state index contributed by atoms with van der Waals surface area (Å²) in [6.45, 7) is 1.08. The summed E-state index contributed by atoms with van der Waals surface area (Å²) >= 11 is 1.32. The monoisotopic (exact) mass is 266 g/mol. The number of aromatic nitrogens is 3. The molecule has 0 unspecified atom stereocenters. The van der Waals surface area contributed by atoms with Crippen LogP contribution in [0.2, 0.25) is 0 Å². The largest absolute Gasteiger partial charge is 0.480 e. The molecule has 7 heteroatoms. The average Bonchev–Trinajstić information content (AvgIpc) is 3.06. The topological polar surface area (TPSA) is 64.3 Å². The first kappa shape index (κ1) is 11.6. The molecule has 18 heavy (non-hydrogen) atoms. The highest BCUT2D eigenvalue weighted by molar-refractivity contribution is 7.04. The lowest BCUT2D eigenvalue weighted by Crippen LogP contribution is -2.17. The Bertz CT molecular complexity index is 539. The molecule has 1 fully saturated rings. The van der Waals surface area contributed by atoms with Crippen molar-refractivity contribution in [3.63, 3.8) is 0 Å². The molecule has 0 radical (unpaired) electrons. The number of hydrogen-bond acceptors (Lipinski definition) is 7. The zero-order valence-corrected chi connectivity index (χ0v) is 11.1. The van der Waals surface area contributed by atoms with E-state index in [4.69, 9.17) is 9.26 Å². The number of methoxy groups -OCH3 is 1. The Kier molecular flexibility index (Phi) is 3.00. The Balaban J connectivity index is 1.89. The van der Waals surface area contributed by atoms with Gasteiger partial charge in [0, 0.05) is 5.38 Å². The van der Waals surface area contributed by atoms with Crippen LogP contribution in [0.5, 0.6) is 5.88 Å². The van der Waals surface area contributed by atoms with Gasteiger partial charge in [-0.3, -0.25) is 4.90 Å². The van der Waals surface area contributed by atoms with Gasteiger partial charge < -0.3 is 9.26 Å². The predicted molar refractivity (Wildman–Crippen MR) is 66.6 cm³/mol. The van der Waals surface area contributed by atoms with Gasteiger partial charge in [0.25, 0.3) is 0 Å². The normalized spacial score (nSPS) is 20.4. The molecule has 1 aliphatic heterocycles. The molecule has 0 N–H and O–H groups in total. The zero-order valence-electron chi connectivity index (χ0n) is 10.3. The second-order valence-electron chi connectivity index (χ2n) is 4.33. The van der Waals surface area contributed by atoms with Gasteiger partial charge in [-0.05, 0) is 38.0 Å². The first-order valence-electron chi connectivity index (χ1n) is 5.82. The summed E-state index contributed by atoms with van der Waals surface area (Å²) in [4.78, 5) is 6.70. The number of likely N-dealkylation sites (tertiary alicyclic amines) is 1. The van der Waals surface area contributed by atoms with Crippen LogP contribution in [-0.4, -0.2) is 40.1 Å². The van der Waals surface area contributed by atoms with Gasteiger partial charge >= 0.3 is 0 Å². The van der Waals surface area contributed by atoms with Crippen LogP contribution in [0.3, 0.4) is 0 Å². The molecule has 0 saturated carbocycles. The lowest BCUT2D eigenvalue weighted by atomic mass is 10.2. The fraction of sp³-hybridized carbons (Fsp3) is 0.545. The molecule has 0 spiro atoms. The summed E-state index contributed by atoms with van der Waals surface area (Å²) in [6, 6.07) is 0.240. The van der Waals surface area contributed by atoms with E-state index in [1.807, 2.05) is 5.38 Å². The van der Waals surface area contributed by atoms with Gasteiger partial charge in [-0.1, -0.05) is 5.16 Å². The summed E-state index contributed by atoms with van der Waals surface area (Å²) in [5.74, 6) is 1.78. The maximum atomic E-state index is 5.36. The quantitative estimate of drug-likeness (QED) is 0.846. The molecule has 96 valence electrons. The van der Waals surface area contributed by atoms with Crippen molar-refractivity contribution in [1.29, 1.82) is 0 Å². The zero-order chi connectivity index (χ0) is 12.5. The van der Waals surface area contributed by atoms with Crippen LogP contribution in [-0.2, 0) is 0 Å². The van der Waals surface area contributed by atoms with Gasteiger partial charge in [-0.25, -0.2) is 0 Å². The van der Waals surface area contributed by atoms with Gasteiger partial charge in [0.15, 0.2) is 0 Å². The third-order valence-electron chi connectivity index (χ3n) is 3.22. The summed E-state index contributed by atoms with van der Waals surface area (Å²) < 4.78 is 14.6. The highest BCUT2D eigenvalue weighted by atomic mass is 32.1. The minimum Gasteiger partial charge on any atom is -0.480 e. The van der Waals surface area contributed by atoms with Crippen molar-refractivity contribution in [3.8, 4) is 17.3 Å². The molecule has 0 amide bonds. The molecule has 1 atom stereocenters. The van der Waals surface area contributed by atoms with Crippen molar-refractivity contribution in [2.45, 2.75) is 18.9 Å². The lowest BCUT2D eigenvalue weighted by Gasteiger charge is -2.14. The third-order valence-corrected chi connectivity index (χ3v) is 3.83. The number of ether oxygens (including phenoxy) is 1. The molecule has 1 saturated heterocycles. The van der Waals surface area contributed by atoms with E-state index in [0.717, 1.165) is 18.5 Å². The summed E-state index contributed by atoms with van der Waals surface area (Å²) in [5, 5.41) is 5.89. The second kappa shape index (κ2) is 4.66. The summed E-state index contributed by atoms with van der Waals surface area (Å²) in [7, 11) is 3.67. The fourth-order valence-electron chi connectivity index (χ4n) is 2.22. The van der Waals surface area contributed by atoms with E-state index in [1.165, 1.54) is 18.0 Å². The van der Waals surface area contributed by atoms with E-state index >= 15 is 0 Å². The van der Waals surface area contributed by atoms with Gasteiger partial charge in [0.2, 0.25) is 17.6 Å². The molecule has 2 aromatic rings. The molecule has 0 aromatic carbocycles. The number of hydrogen-bond donors (Lipinski definition) is 0. The van der Waals surface area contributed by atoms with E-state index in [1.54, 1.807) is 7.11 Å². The van der Waals surface area contributed by atoms with E-state index in [2.05, 4.69) is 26.5 Å². The molecule has 1 aliphatic rings. The molecule has 3 rings (SSSR count). The highest BCUT2D eigenvalue weighted by Gasteiger charge is 2.28. The van der Waals surface area contributed by atoms with Crippen LogP contribution >= 0.6 is 11.5 Å². The highest BCUT2D eigenvalue weighted by Crippen LogP contribution is 2.33. The molecule has 3 heterocycles. The van der Waals surface area contributed by atoms with E-state index in [-0.39, 0.29) is 6.04 Å². The Morgan fingerprint density at radius 2 is 2.44 bits per heavy atom. The van der Waals surface area contributed by atoms with Crippen LogP contribution in [0.1, 0.15) is 24.8 Å². The molecule has 2 aromatic heterocycles. The van der Waals surface area contributed by atoms with Crippen molar-refractivity contribution in [3.05, 3.63) is 11.3 Å². The smallest absolute Gasteiger partial charge is 0.244 e. The predicted octanol–water partition coefficient (Wildman–Crippen LogP) is 1.97. The number of nitrogens with zero attached hydrogens (tertiary/aromatic N) is 4. The molecular weight excluding hydrogens is 252 g/mol. The Hall–Kier alpha value is -1.47. The van der Waals surface area contributed by atoms with E-state index in [0.29, 0.717) is 17.6 Å². The van der Waals surface area contributed by atoms with Crippen LogP contribution < -0.4 is 4.74 Å². The first-order valence-corrected chi connectivity index (χ1v) is 6.66. The van der Waals surface area contributed by atoms with Gasteiger partial charge in [-0.2, -0.15) is 9.36 Å². The third kappa shape index (κ3) is 1.89. The first-order chi connectivity index (χ1) is 8.79. The molecule has 0 bridgehead atoms. The van der Waals surface area contributed by atoms with Gasteiger partial charge in [-0.15, -0.1) is 0 Å². The van der Waals surface area contributed by atoms with Crippen LogP contribution in [0.15, 0.2) is 9.90 Å². The van der Waals surface area contributed by atoms with Crippen LogP contribution in [0.25, 0.3) is 11.4 Å². The maximum absolute atomic E-state index is 5.36. The van der Waals surface area contributed by atoms with Crippen molar-refractivity contribution >= 4 is 11.5 Å². The van der Waals surface area contributed by atoms with E-state index < -0.39 is 0 Å². The van der Waals surface area contributed by atoms with Gasteiger partial charge in [0.05, 0.1) is 18.7 Å². The average molecular weight is 266 g/mol. The number of rotatable bonds is 3. The van der Waals surface area contributed by atoms with Crippen molar-refractivity contribution in [2.24, 2.45) is 0 Å². The Morgan fingerprint density at radius 3 is 3.17 bits per heavy atom. The van der Waals surface area contributed by atoms with Crippen LogP contribution in [0, 0.1) is 0 Å². The fourth-order valence-corrected chi connectivity index (χ4v) is 2.86. The van der Waals surface area contributed by atoms with Gasteiger partial charge in [0.1, 0.15) is 0 Å². The summed E-state index contributed by atoms with van der Waals surface area (Å²) in [6.07, 6.45) is 2.24. The van der Waals surface area contributed by atoms with Crippen LogP contribution in [0.4, 0.5) is 0 Å². The second-order valence-corrected chi connectivity index (χ2v) is 4.96. The molecule has 6 nitrogen and oxygen atoms in total. The maximum Gasteiger partial charge on any atom is 0.244 e. The van der Waals surface area contributed by atoms with E-state index in [9.17, 15) is 0 Å². The molecular formula is C11H14N4O2S. The van der Waals surface area contributed by atoms with Crippen molar-refractivity contribution in [2.75, 3.05) is 20.7 Å². The Labute approximate surface area is 109 Å². The SMILES string of the molecule is COc1nscc1-c1noc([C@@H]2CCCN2C)n1. The van der Waals surface area contributed by atoms with Crippen molar-refractivity contribution < 1.29 is 9.26 Å². The standard InChI is InChI=1S/C11H14N4O2S/c1-15-5-3-4-8(15)11-12-9(13-17-11)7-6-18-14-10(7)16-2/h6,8H,3-5H2,1-2H3/t8-/m0/s1. The molecule has 0 aliphatic carbocycles. The summed E-state index contributed by atoms with van der Waals surface area (Å²) in [5.41, 5.74) is 0.790. The van der Waals surface area contributed by atoms with Crippen molar-refractivity contribution in [1.82, 2.24) is 19.4 Å². The Morgan fingerprint density at radius 1 is 1.56 bits per heavy atom. The lowest BCUT2D eigenvalue weighted by molar-refractivity contribution is 0.245. The minimum absolute atomic E-state index is 0.240.